The van der Waals surface area contributed by atoms with E-state index in [9.17, 15) is 4.79 Å². The van der Waals surface area contributed by atoms with Gasteiger partial charge in [-0.25, -0.2) is 0 Å². The van der Waals surface area contributed by atoms with Crippen molar-refractivity contribution in [1.29, 1.82) is 0 Å². The second kappa shape index (κ2) is 4.91. The average molecular weight is 231 g/mol. The molecule has 0 radical (unpaired) electrons. The molecule has 1 aromatic carbocycles. The van der Waals surface area contributed by atoms with Crippen molar-refractivity contribution in [2.75, 3.05) is 0 Å². The Morgan fingerprint density at radius 3 is 2.29 bits per heavy atom. The first-order valence-electron chi connectivity index (χ1n) is 6.52. The average Bonchev–Trinajstić information content (AvgIpc) is 2.80. The molecule has 0 aromatic heterocycles. The molecule has 1 aliphatic rings. The van der Waals surface area contributed by atoms with Gasteiger partial charge in [-0.1, -0.05) is 57.0 Å². The topological polar surface area (TPSA) is 29.1 Å². The smallest absolute Gasteiger partial charge is 0.223 e. The van der Waals surface area contributed by atoms with Gasteiger partial charge in [0.1, 0.15) is 0 Å². The van der Waals surface area contributed by atoms with E-state index in [1.165, 1.54) is 18.4 Å². The van der Waals surface area contributed by atoms with Crippen LogP contribution in [0.15, 0.2) is 30.3 Å². The van der Waals surface area contributed by atoms with E-state index >= 15 is 0 Å². The predicted molar refractivity (Wildman–Crippen MR) is 69.6 cm³/mol. The zero-order chi connectivity index (χ0) is 12.3. The molecule has 1 aliphatic carbocycles. The minimum atomic E-state index is -0.109. The molecule has 0 unspecified atom stereocenters. The third-order valence-electron chi connectivity index (χ3n) is 3.67. The lowest BCUT2D eigenvalue weighted by Crippen LogP contribution is -2.45. The Balaban J connectivity index is 2.24. The highest BCUT2D eigenvalue weighted by molar-refractivity contribution is 5.79. The van der Waals surface area contributed by atoms with Crippen molar-refractivity contribution in [3.05, 3.63) is 35.9 Å². The monoisotopic (exact) mass is 231 g/mol. The molecule has 0 atom stereocenters. The summed E-state index contributed by atoms with van der Waals surface area (Å²) in [5.41, 5.74) is 1.15. The highest BCUT2D eigenvalue weighted by Gasteiger charge is 2.37. The number of benzene rings is 1. The number of hydrogen-bond donors (Lipinski definition) is 1. The van der Waals surface area contributed by atoms with E-state index in [0.29, 0.717) is 0 Å². The Bertz CT molecular complexity index is 377. The van der Waals surface area contributed by atoms with Gasteiger partial charge in [-0.2, -0.15) is 0 Å². The Morgan fingerprint density at radius 2 is 1.76 bits per heavy atom. The van der Waals surface area contributed by atoms with Crippen LogP contribution in [0, 0.1) is 5.92 Å². The van der Waals surface area contributed by atoms with E-state index in [1.807, 2.05) is 19.9 Å². The van der Waals surface area contributed by atoms with E-state index in [1.54, 1.807) is 0 Å². The van der Waals surface area contributed by atoms with Gasteiger partial charge in [0.25, 0.3) is 0 Å². The summed E-state index contributed by atoms with van der Waals surface area (Å²) in [7, 11) is 0. The fourth-order valence-corrected chi connectivity index (χ4v) is 2.60. The Morgan fingerprint density at radius 1 is 1.18 bits per heavy atom. The van der Waals surface area contributed by atoms with Crippen molar-refractivity contribution in [3.8, 4) is 0 Å². The first-order chi connectivity index (χ1) is 8.14. The summed E-state index contributed by atoms with van der Waals surface area (Å²) in [5.74, 6) is 0.215. The SMILES string of the molecule is CC(C)C(=O)NC1(c2ccccc2)CCCC1. The third kappa shape index (κ3) is 2.51. The van der Waals surface area contributed by atoms with Crippen molar-refractivity contribution in [2.24, 2.45) is 5.92 Å². The van der Waals surface area contributed by atoms with Gasteiger partial charge < -0.3 is 5.32 Å². The summed E-state index contributed by atoms with van der Waals surface area (Å²) in [4.78, 5) is 12.0. The molecule has 1 aromatic rings. The molecule has 0 aliphatic heterocycles. The van der Waals surface area contributed by atoms with E-state index < -0.39 is 0 Å². The van der Waals surface area contributed by atoms with Gasteiger partial charge in [-0.15, -0.1) is 0 Å². The fraction of sp³-hybridized carbons (Fsp3) is 0.533. The van der Waals surface area contributed by atoms with Gasteiger partial charge in [0.15, 0.2) is 0 Å². The minimum Gasteiger partial charge on any atom is -0.346 e. The van der Waals surface area contributed by atoms with Gasteiger partial charge in [-0.3, -0.25) is 4.79 Å². The number of carbonyl (C=O) groups is 1. The number of amides is 1. The van der Waals surface area contributed by atoms with Crippen LogP contribution in [0.5, 0.6) is 0 Å². The molecule has 1 saturated carbocycles. The number of nitrogens with one attached hydrogen (secondary N) is 1. The summed E-state index contributed by atoms with van der Waals surface area (Å²) >= 11 is 0. The van der Waals surface area contributed by atoms with Crippen molar-refractivity contribution in [1.82, 2.24) is 5.32 Å². The molecule has 1 amide bonds. The molecule has 2 nitrogen and oxygen atoms in total. The van der Waals surface area contributed by atoms with Crippen LogP contribution in [0.2, 0.25) is 0 Å². The van der Waals surface area contributed by atoms with E-state index in [2.05, 4.69) is 29.6 Å². The highest BCUT2D eigenvalue weighted by atomic mass is 16.2. The molecule has 2 rings (SSSR count). The standard InChI is InChI=1S/C15H21NO/c1-12(2)14(17)16-15(10-6-7-11-15)13-8-4-3-5-9-13/h3-5,8-9,12H,6-7,10-11H2,1-2H3,(H,16,17). The van der Waals surface area contributed by atoms with Gasteiger partial charge in [0.2, 0.25) is 5.91 Å². The number of hydrogen-bond acceptors (Lipinski definition) is 1. The number of rotatable bonds is 3. The van der Waals surface area contributed by atoms with Gasteiger partial charge in [0.05, 0.1) is 5.54 Å². The quantitative estimate of drug-likeness (QED) is 0.850. The second-order valence-electron chi connectivity index (χ2n) is 5.30. The largest absolute Gasteiger partial charge is 0.346 e. The van der Waals surface area contributed by atoms with Crippen LogP contribution >= 0.6 is 0 Å². The molecule has 17 heavy (non-hydrogen) atoms. The van der Waals surface area contributed by atoms with Crippen LogP contribution in [0.4, 0.5) is 0 Å². The fourth-order valence-electron chi connectivity index (χ4n) is 2.60. The highest BCUT2D eigenvalue weighted by Crippen LogP contribution is 2.38. The molecule has 0 bridgehead atoms. The maximum absolute atomic E-state index is 12.0. The van der Waals surface area contributed by atoms with E-state index in [4.69, 9.17) is 0 Å². The molecule has 1 N–H and O–H groups in total. The van der Waals surface area contributed by atoms with E-state index in [-0.39, 0.29) is 17.4 Å². The number of carbonyl (C=O) groups excluding carboxylic acids is 1. The molecular formula is C15H21NO. The summed E-state index contributed by atoms with van der Waals surface area (Å²) in [6, 6.07) is 10.4. The van der Waals surface area contributed by atoms with Gasteiger partial charge in [-0.05, 0) is 18.4 Å². The lowest BCUT2D eigenvalue weighted by Gasteiger charge is -2.32. The maximum atomic E-state index is 12.0. The summed E-state index contributed by atoms with van der Waals surface area (Å²) in [6.45, 7) is 3.89. The summed E-state index contributed by atoms with van der Waals surface area (Å²) in [6.07, 6.45) is 4.53. The van der Waals surface area contributed by atoms with Crippen LogP contribution in [0.1, 0.15) is 45.1 Å². The predicted octanol–water partition coefficient (Wildman–Crippen LogP) is 3.23. The summed E-state index contributed by atoms with van der Waals surface area (Å²) in [5, 5.41) is 3.27. The zero-order valence-electron chi connectivity index (χ0n) is 10.7. The van der Waals surface area contributed by atoms with Gasteiger partial charge >= 0.3 is 0 Å². The lowest BCUT2D eigenvalue weighted by atomic mass is 9.87. The molecule has 0 spiro atoms. The van der Waals surface area contributed by atoms with Crippen molar-refractivity contribution in [2.45, 2.75) is 45.1 Å². The summed E-state index contributed by atoms with van der Waals surface area (Å²) < 4.78 is 0. The Labute approximate surface area is 103 Å². The molecule has 92 valence electrons. The molecule has 2 heteroatoms. The van der Waals surface area contributed by atoms with Crippen LogP contribution in [0.3, 0.4) is 0 Å². The van der Waals surface area contributed by atoms with Crippen molar-refractivity contribution < 1.29 is 4.79 Å². The zero-order valence-corrected chi connectivity index (χ0v) is 10.7. The Kier molecular flexibility index (Phi) is 3.51. The molecule has 1 fully saturated rings. The lowest BCUT2D eigenvalue weighted by molar-refractivity contribution is -0.126. The van der Waals surface area contributed by atoms with Crippen LogP contribution in [0.25, 0.3) is 0 Å². The first-order valence-corrected chi connectivity index (χ1v) is 6.52. The normalized spacial score (nSPS) is 18.3. The molecule has 0 heterocycles. The van der Waals surface area contributed by atoms with Crippen LogP contribution < -0.4 is 5.32 Å². The first kappa shape index (κ1) is 12.2. The van der Waals surface area contributed by atoms with E-state index in [0.717, 1.165) is 12.8 Å². The second-order valence-corrected chi connectivity index (χ2v) is 5.30. The van der Waals surface area contributed by atoms with Crippen LogP contribution in [-0.2, 0) is 10.3 Å². The Hall–Kier alpha value is -1.31. The maximum Gasteiger partial charge on any atom is 0.223 e. The van der Waals surface area contributed by atoms with Crippen LogP contribution in [-0.4, -0.2) is 5.91 Å². The minimum absolute atomic E-state index is 0.0520. The van der Waals surface area contributed by atoms with Gasteiger partial charge in [0, 0.05) is 5.92 Å². The third-order valence-corrected chi connectivity index (χ3v) is 3.67. The molecular weight excluding hydrogens is 210 g/mol. The van der Waals surface area contributed by atoms with Crippen molar-refractivity contribution in [3.63, 3.8) is 0 Å². The van der Waals surface area contributed by atoms with Crippen molar-refractivity contribution >= 4 is 5.91 Å². The molecule has 0 saturated heterocycles.